The van der Waals surface area contributed by atoms with Gasteiger partial charge in [0.25, 0.3) is 0 Å². The lowest BCUT2D eigenvalue weighted by Gasteiger charge is -2.44. The van der Waals surface area contributed by atoms with Crippen LogP contribution in [0.2, 0.25) is 0 Å². The summed E-state index contributed by atoms with van der Waals surface area (Å²) in [7, 11) is 0. The Morgan fingerprint density at radius 3 is 2.35 bits per heavy atom. The van der Waals surface area contributed by atoms with E-state index in [0.29, 0.717) is 17.9 Å². The fraction of sp³-hybridized carbons (Fsp3) is 0.846. The van der Waals surface area contributed by atoms with Gasteiger partial charge in [-0.05, 0) is 44.9 Å². The van der Waals surface area contributed by atoms with Gasteiger partial charge in [0, 0.05) is 6.04 Å². The van der Waals surface area contributed by atoms with Crippen LogP contribution in [0.25, 0.3) is 0 Å². The maximum absolute atomic E-state index is 12.6. The maximum Gasteiger partial charge on any atom is 0.249 e. The summed E-state index contributed by atoms with van der Waals surface area (Å²) in [4.78, 5) is 26.5. The zero-order chi connectivity index (χ0) is 12.4. The number of carbonyl (C=O) groups is 2. The van der Waals surface area contributed by atoms with E-state index < -0.39 is 5.54 Å². The number of rotatable bonds is 2. The summed E-state index contributed by atoms with van der Waals surface area (Å²) in [6.07, 6.45) is 3.17. The molecule has 2 saturated carbocycles. The van der Waals surface area contributed by atoms with Crippen molar-refractivity contribution >= 4 is 11.8 Å². The summed E-state index contributed by atoms with van der Waals surface area (Å²) in [6, 6.07) is -0.00843. The van der Waals surface area contributed by atoms with Crippen LogP contribution < -0.4 is 5.32 Å². The van der Waals surface area contributed by atoms with E-state index in [1.807, 2.05) is 18.7 Å². The Kier molecular flexibility index (Phi) is 2.11. The van der Waals surface area contributed by atoms with E-state index in [2.05, 4.69) is 12.2 Å². The van der Waals surface area contributed by atoms with Crippen molar-refractivity contribution in [2.45, 2.75) is 57.7 Å². The van der Waals surface area contributed by atoms with Gasteiger partial charge in [-0.2, -0.15) is 0 Å². The summed E-state index contributed by atoms with van der Waals surface area (Å²) < 4.78 is 0. The molecule has 2 amide bonds. The lowest BCUT2D eigenvalue weighted by molar-refractivity contribution is -0.155. The molecule has 3 aliphatic rings. The van der Waals surface area contributed by atoms with Gasteiger partial charge < -0.3 is 10.2 Å². The third-order valence-electron chi connectivity index (χ3n) is 4.68. The molecule has 1 aliphatic heterocycles. The Hall–Kier alpha value is -1.06. The normalized spacial score (nSPS) is 45.8. The van der Waals surface area contributed by atoms with Crippen LogP contribution >= 0.6 is 0 Å². The van der Waals surface area contributed by atoms with E-state index in [9.17, 15) is 9.59 Å². The van der Waals surface area contributed by atoms with Gasteiger partial charge in [0.1, 0.15) is 11.6 Å². The number of nitrogens with one attached hydrogen (secondary N) is 1. The first kappa shape index (κ1) is 11.1. The Morgan fingerprint density at radius 1 is 1.29 bits per heavy atom. The Morgan fingerprint density at radius 2 is 1.88 bits per heavy atom. The highest BCUT2D eigenvalue weighted by Gasteiger charge is 2.58. The second kappa shape index (κ2) is 3.24. The minimum atomic E-state index is -0.633. The quantitative estimate of drug-likeness (QED) is 0.774. The van der Waals surface area contributed by atoms with Crippen molar-refractivity contribution in [1.82, 2.24) is 10.2 Å². The van der Waals surface area contributed by atoms with E-state index in [-0.39, 0.29) is 17.9 Å². The van der Waals surface area contributed by atoms with Crippen LogP contribution in [0.1, 0.15) is 40.0 Å². The third-order valence-corrected chi connectivity index (χ3v) is 4.68. The van der Waals surface area contributed by atoms with Gasteiger partial charge in [0.2, 0.25) is 11.8 Å². The molecule has 4 heteroatoms. The van der Waals surface area contributed by atoms with Crippen molar-refractivity contribution in [3.8, 4) is 0 Å². The molecule has 1 N–H and O–H groups in total. The van der Waals surface area contributed by atoms with Gasteiger partial charge in [-0.1, -0.05) is 6.92 Å². The molecular formula is C13H20N2O2. The molecular weight excluding hydrogens is 216 g/mol. The molecule has 94 valence electrons. The number of hydrogen-bond acceptors (Lipinski definition) is 2. The van der Waals surface area contributed by atoms with Crippen LogP contribution in [0, 0.1) is 11.8 Å². The molecule has 1 heterocycles. The average molecular weight is 236 g/mol. The minimum Gasteiger partial charge on any atom is -0.340 e. The summed E-state index contributed by atoms with van der Waals surface area (Å²) in [6.45, 7) is 5.88. The van der Waals surface area contributed by atoms with E-state index in [0.717, 1.165) is 19.3 Å². The van der Waals surface area contributed by atoms with Gasteiger partial charge in [0.15, 0.2) is 0 Å². The first-order valence-corrected chi connectivity index (χ1v) is 6.60. The fourth-order valence-corrected chi connectivity index (χ4v) is 3.05. The maximum atomic E-state index is 12.6. The molecule has 0 radical (unpaired) electrons. The molecule has 4 nitrogen and oxygen atoms in total. The van der Waals surface area contributed by atoms with Gasteiger partial charge in [0.05, 0.1) is 0 Å². The van der Waals surface area contributed by atoms with Gasteiger partial charge >= 0.3 is 0 Å². The van der Waals surface area contributed by atoms with Crippen LogP contribution in [-0.4, -0.2) is 34.3 Å². The number of piperazine rings is 1. The Balaban J connectivity index is 1.90. The zero-order valence-electron chi connectivity index (χ0n) is 10.7. The molecule has 3 fully saturated rings. The SMILES string of the molecule is CC1CC1N1C(=O)C(C)(C2CC2)NC(=O)C1C. The lowest BCUT2D eigenvalue weighted by atomic mass is 9.89. The van der Waals surface area contributed by atoms with Gasteiger partial charge in [-0.15, -0.1) is 0 Å². The Labute approximate surface area is 102 Å². The van der Waals surface area contributed by atoms with Crippen LogP contribution in [-0.2, 0) is 9.59 Å². The highest BCUT2D eigenvalue weighted by atomic mass is 16.2. The molecule has 4 atom stereocenters. The van der Waals surface area contributed by atoms with E-state index in [1.165, 1.54) is 0 Å². The smallest absolute Gasteiger partial charge is 0.249 e. The van der Waals surface area contributed by atoms with E-state index in [4.69, 9.17) is 0 Å². The van der Waals surface area contributed by atoms with Crippen LogP contribution in [0.5, 0.6) is 0 Å². The van der Waals surface area contributed by atoms with Crippen LogP contribution in [0.4, 0.5) is 0 Å². The van der Waals surface area contributed by atoms with Crippen LogP contribution in [0.3, 0.4) is 0 Å². The summed E-state index contributed by atoms with van der Waals surface area (Å²) >= 11 is 0. The van der Waals surface area contributed by atoms with Gasteiger partial charge in [-0.25, -0.2) is 0 Å². The molecule has 2 aliphatic carbocycles. The topological polar surface area (TPSA) is 49.4 Å². The fourth-order valence-electron chi connectivity index (χ4n) is 3.05. The minimum absolute atomic E-state index is 0.0121. The molecule has 1 saturated heterocycles. The van der Waals surface area contributed by atoms with Crippen molar-refractivity contribution in [2.75, 3.05) is 0 Å². The number of hydrogen-bond donors (Lipinski definition) is 1. The van der Waals surface area contributed by atoms with Crippen molar-refractivity contribution in [2.24, 2.45) is 11.8 Å². The predicted molar refractivity (Wildman–Crippen MR) is 63.1 cm³/mol. The van der Waals surface area contributed by atoms with Crippen molar-refractivity contribution in [1.29, 1.82) is 0 Å². The number of carbonyl (C=O) groups excluding carboxylic acids is 2. The largest absolute Gasteiger partial charge is 0.340 e. The molecule has 0 spiro atoms. The van der Waals surface area contributed by atoms with Gasteiger partial charge in [-0.3, -0.25) is 9.59 Å². The number of nitrogens with zero attached hydrogens (tertiary/aromatic N) is 1. The Bertz CT molecular complexity index is 391. The second-order valence-electron chi connectivity index (χ2n) is 6.13. The summed E-state index contributed by atoms with van der Waals surface area (Å²) in [5, 5.41) is 2.95. The average Bonchev–Trinajstić information content (AvgIpc) is 3.12. The summed E-state index contributed by atoms with van der Waals surface area (Å²) in [5.41, 5.74) is -0.633. The van der Waals surface area contributed by atoms with E-state index >= 15 is 0 Å². The molecule has 0 bridgehead atoms. The predicted octanol–water partition coefficient (Wildman–Crippen LogP) is 0.910. The molecule has 4 unspecified atom stereocenters. The zero-order valence-corrected chi connectivity index (χ0v) is 10.7. The molecule has 0 aromatic rings. The molecule has 3 rings (SSSR count). The third kappa shape index (κ3) is 1.49. The number of amides is 2. The highest BCUT2D eigenvalue weighted by molar-refractivity contribution is 6.00. The monoisotopic (exact) mass is 236 g/mol. The van der Waals surface area contributed by atoms with Crippen LogP contribution in [0.15, 0.2) is 0 Å². The van der Waals surface area contributed by atoms with Crippen molar-refractivity contribution in [3.05, 3.63) is 0 Å². The first-order valence-electron chi connectivity index (χ1n) is 6.60. The molecule has 0 aromatic carbocycles. The second-order valence-corrected chi connectivity index (χ2v) is 6.13. The standard InChI is InChI=1S/C13H20N2O2/c1-7-6-10(7)15-8(2)11(16)14-13(3,12(15)17)9-4-5-9/h7-10H,4-6H2,1-3H3,(H,14,16). The molecule has 0 aromatic heterocycles. The summed E-state index contributed by atoms with van der Waals surface area (Å²) in [5.74, 6) is 1.05. The molecule has 17 heavy (non-hydrogen) atoms. The first-order chi connectivity index (χ1) is 7.95. The van der Waals surface area contributed by atoms with E-state index in [1.54, 1.807) is 0 Å². The van der Waals surface area contributed by atoms with Crippen molar-refractivity contribution in [3.63, 3.8) is 0 Å². The van der Waals surface area contributed by atoms with Crippen molar-refractivity contribution < 1.29 is 9.59 Å². The highest BCUT2D eigenvalue weighted by Crippen LogP contribution is 2.45. The lowest BCUT2D eigenvalue weighted by Crippen LogP contribution is -2.70.